The van der Waals surface area contributed by atoms with Crippen LogP contribution in [-0.2, 0) is 15.3 Å². The topological polar surface area (TPSA) is 70.6 Å². The van der Waals surface area contributed by atoms with Crippen molar-refractivity contribution in [1.82, 2.24) is 10.6 Å². The van der Waals surface area contributed by atoms with Gasteiger partial charge >= 0.3 is 0 Å². The van der Waals surface area contributed by atoms with Crippen molar-refractivity contribution in [3.63, 3.8) is 0 Å². The first-order chi connectivity index (χ1) is 11.4. The van der Waals surface area contributed by atoms with Crippen molar-refractivity contribution in [2.75, 3.05) is 31.6 Å². The Balaban J connectivity index is 1.94. The van der Waals surface area contributed by atoms with Crippen LogP contribution in [0.15, 0.2) is 29.3 Å². The van der Waals surface area contributed by atoms with Gasteiger partial charge in [-0.1, -0.05) is 18.2 Å². The molecular formula is C17H26FN3O2S. The summed E-state index contributed by atoms with van der Waals surface area (Å²) in [4.78, 5) is 4.58. The number of aliphatic imine (C=N–C) groups is 1. The van der Waals surface area contributed by atoms with Crippen LogP contribution in [0.4, 0.5) is 4.39 Å². The molecule has 0 radical (unpaired) electrons. The molecule has 24 heavy (non-hydrogen) atoms. The van der Waals surface area contributed by atoms with Gasteiger partial charge < -0.3 is 10.6 Å². The van der Waals surface area contributed by atoms with Crippen LogP contribution in [0.25, 0.3) is 0 Å². The molecule has 1 aromatic rings. The van der Waals surface area contributed by atoms with Crippen molar-refractivity contribution in [1.29, 1.82) is 0 Å². The molecule has 0 aliphatic heterocycles. The fraction of sp³-hybridized carbons (Fsp3) is 0.588. The second-order valence-corrected chi connectivity index (χ2v) is 8.63. The maximum Gasteiger partial charge on any atom is 0.191 e. The van der Waals surface area contributed by atoms with E-state index >= 15 is 0 Å². The first-order valence-electron chi connectivity index (χ1n) is 8.31. The maximum absolute atomic E-state index is 14.0. The fourth-order valence-corrected chi connectivity index (χ4v) is 3.34. The Bertz CT molecular complexity index is 685. The molecule has 0 atom stereocenters. The smallest absolute Gasteiger partial charge is 0.191 e. The van der Waals surface area contributed by atoms with Gasteiger partial charge in [0, 0.05) is 24.8 Å². The molecule has 2 rings (SSSR count). The maximum atomic E-state index is 14.0. The molecule has 1 fully saturated rings. The van der Waals surface area contributed by atoms with Gasteiger partial charge in [0.05, 0.1) is 12.3 Å². The van der Waals surface area contributed by atoms with Gasteiger partial charge in [-0.05, 0) is 37.8 Å². The third kappa shape index (κ3) is 5.47. The van der Waals surface area contributed by atoms with Crippen molar-refractivity contribution < 1.29 is 12.8 Å². The summed E-state index contributed by atoms with van der Waals surface area (Å²) in [5.41, 5.74) is 0.544. The van der Waals surface area contributed by atoms with Gasteiger partial charge in [0.1, 0.15) is 15.7 Å². The first-order valence-corrected chi connectivity index (χ1v) is 10.4. The highest BCUT2D eigenvalue weighted by atomic mass is 32.2. The van der Waals surface area contributed by atoms with Crippen LogP contribution in [0.5, 0.6) is 0 Å². The lowest BCUT2D eigenvalue weighted by molar-refractivity contribution is 0.572. The zero-order valence-electron chi connectivity index (χ0n) is 14.3. The molecule has 2 N–H and O–H groups in total. The van der Waals surface area contributed by atoms with Crippen molar-refractivity contribution >= 4 is 15.8 Å². The minimum Gasteiger partial charge on any atom is -0.357 e. The SMILES string of the molecule is CCNC(=NCC1(c2ccccc2F)CC1)NCCCS(C)(=O)=O. The summed E-state index contributed by atoms with van der Waals surface area (Å²) in [6.45, 7) is 3.74. The molecule has 0 unspecified atom stereocenters. The molecular weight excluding hydrogens is 329 g/mol. The molecule has 5 nitrogen and oxygen atoms in total. The molecule has 0 bridgehead atoms. The van der Waals surface area contributed by atoms with E-state index in [0.717, 1.165) is 18.4 Å². The van der Waals surface area contributed by atoms with E-state index < -0.39 is 9.84 Å². The van der Waals surface area contributed by atoms with Crippen LogP contribution in [0.3, 0.4) is 0 Å². The van der Waals surface area contributed by atoms with Gasteiger partial charge in [0.2, 0.25) is 0 Å². The summed E-state index contributed by atoms with van der Waals surface area (Å²) in [6, 6.07) is 6.89. The number of benzene rings is 1. The van der Waals surface area contributed by atoms with Crippen molar-refractivity contribution in [3.8, 4) is 0 Å². The van der Waals surface area contributed by atoms with E-state index in [1.165, 1.54) is 12.3 Å². The third-order valence-electron chi connectivity index (χ3n) is 4.17. The number of sulfone groups is 1. The Labute approximate surface area is 143 Å². The third-order valence-corrected chi connectivity index (χ3v) is 5.20. The molecule has 7 heteroatoms. The Hall–Kier alpha value is -1.63. The van der Waals surface area contributed by atoms with E-state index in [2.05, 4.69) is 15.6 Å². The van der Waals surface area contributed by atoms with Crippen LogP contribution < -0.4 is 10.6 Å². The Morgan fingerprint density at radius 1 is 1.29 bits per heavy atom. The van der Waals surface area contributed by atoms with Gasteiger partial charge in [0.25, 0.3) is 0 Å². The van der Waals surface area contributed by atoms with E-state index in [4.69, 9.17) is 0 Å². The largest absolute Gasteiger partial charge is 0.357 e. The van der Waals surface area contributed by atoms with Gasteiger partial charge in [0.15, 0.2) is 5.96 Å². The zero-order valence-corrected chi connectivity index (χ0v) is 15.1. The quantitative estimate of drug-likeness (QED) is 0.424. The average Bonchev–Trinajstić information content (AvgIpc) is 3.29. The van der Waals surface area contributed by atoms with Crippen LogP contribution >= 0.6 is 0 Å². The van der Waals surface area contributed by atoms with Gasteiger partial charge in [-0.15, -0.1) is 0 Å². The van der Waals surface area contributed by atoms with E-state index in [-0.39, 0.29) is 17.0 Å². The fourth-order valence-electron chi connectivity index (χ4n) is 2.67. The summed E-state index contributed by atoms with van der Waals surface area (Å²) in [5.74, 6) is 0.628. The predicted molar refractivity (Wildman–Crippen MR) is 95.6 cm³/mol. The number of rotatable bonds is 8. The summed E-state index contributed by atoms with van der Waals surface area (Å²) in [7, 11) is -2.94. The molecule has 0 aromatic heterocycles. The summed E-state index contributed by atoms with van der Waals surface area (Å²) in [6.07, 6.45) is 3.63. The minimum absolute atomic E-state index is 0.151. The average molecular weight is 355 g/mol. The number of nitrogens with one attached hydrogen (secondary N) is 2. The highest BCUT2D eigenvalue weighted by Crippen LogP contribution is 2.49. The summed E-state index contributed by atoms with van der Waals surface area (Å²) < 4.78 is 36.3. The molecule has 0 saturated heterocycles. The lowest BCUT2D eigenvalue weighted by atomic mass is 9.95. The Kier molecular flexibility index (Phi) is 6.21. The van der Waals surface area contributed by atoms with Crippen molar-refractivity contribution in [3.05, 3.63) is 35.6 Å². The van der Waals surface area contributed by atoms with Gasteiger partial charge in [-0.25, -0.2) is 12.8 Å². The standard InChI is InChI=1S/C17H26FN3O2S/c1-3-19-16(20-11-6-12-24(2,22)23)21-13-17(9-10-17)14-7-4-5-8-15(14)18/h4-5,7-8H,3,6,9-13H2,1-2H3,(H2,19,20,21). The molecule has 0 spiro atoms. The molecule has 134 valence electrons. The number of guanidine groups is 1. The van der Waals surface area contributed by atoms with Crippen molar-refractivity contribution in [2.45, 2.75) is 31.6 Å². The van der Waals surface area contributed by atoms with E-state index in [1.54, 1.807) is 6.07 Å². The first kappa shape index (κ1) is 18.7. The highest BCUT2D eigenvalue weighted by molar-refractivity contribution is 7.90. The molecule has 0 heterocycles. The number of hydrogen-bond donors (Lipinski definition) is 2. The molecule has 1 aromatic carbocycles. The predicted octanol–water partition coefficient (Wildman–Crippen LogP) is 1.85. The van der Waals surface area contributed by atoms with E-state index in [1.807, 2.05) is 19.1 Å². The van der Waals surface area contributed by atoms with E-state index in [9.17, 15) is 12.8 Å². The second kappa shape index (κ2) is 7.96. The molecule has 0 amide bonds. The Morgan fingerprint density at radius 3 is 2.58 bits per heavy atom. The van der Waals surface area contributed by atoms with Crippen LogP contribution in [-0.4, -0.2) is 46.0 Å². The minimum atomic E-state index is -2.94. The van der Waals surface area contributed by atoms with Crippen LogP contribution in [0.1, 0.15) is 31.7 Å². The highest BCUT2D eigenvalue weighted by Gasteiger charge is 2.45. The van der Waals surface area contributed by atoms with Crippen LogP contribution in [0.2, 0.25) is 0 Å². The van der Waals surface area contributed by atoms with Crippen LogP contribution in [0, 0.1) is 5.82 Å². The lowest BCUT2D eigenvalue weighted by Crippen LogP contribution is -2.38. The zero-order chi connectivity index (χ0) is 17.6. The molecule has 1 aliphatic rings. The second-order valence-electron chi connectivity index (χ2n) is 6.37. The summed E-state index contributed by atoms with van der Waals surface area (Å²) in [5, 5.41) is 6.28. The lowest BCUT2D eigenvalue weighted by Gasteiger charge is -2.16. The summed E-state index contributed by atoms with van der Waals surface area (Å²) >= 11 is 0. The molecule has 1 aliphatic carbocycles. The van der Waals surface area contributed by atoms with E-state index in [0.29, 0.717) is 32.0 Å². The molecule has 1 saturated carbocycles. The van der Waals surface area contributed by atoms with Crippen molar-refractivity contribution in [2.24, 2.45) is 4.99 Å². The monoisotopic (exact) mass is 355 g/mol. The number of nitrogens with zero attached hydrogens (tertiary/aromatic N) is 1. The van der Waals surface area contributed by atoms with Gasteiger partial charge in [-0.3, -0.25) is 4.99 Å². The normalized spacial score (nSPS) is 16.7. The number of halogens is 1. The Morgan fingerprint density at radius 2 is 2.00 bits per heavy atom. The number of hydrogen-bond acceptors (Lipinski definition) is 3. The van der Waals surface area contributed by atoms with Gasteiger partial charge in [-0.2, -0.15) is 0 Å².